The smallest absolute Gasteiger partial charge is 0.341 e. The maximum absolute atomic E-state index is 12.6. The fraction of sp³-hybridized carbons (Fsp3) is 0.520. The van der Waals surface area contributed by atoms with E-state index in [2.05, 4.69) is 10.6 Å². The van der Waals surface area contributed by atoms with Gasteiger partial charge in [-0.15, -0.1) is 11.3 Å². The van der Waals surface area contributed by atoms with Gasteiger partial charge in [0.05, 0.1) is 12.2 Å². The Balaban J connectivity index is 1.29. The van der Waals surface area contributed by atoms with Gasteiger partial charge in [-0.05, 0) is 92.5 Å². The number of carbonyl (C=O) groups excluding carboxylic acids is 1. The van der Waals surface area contributed by atoms with Gasteiger partial charge in [0.15, 0.2) is 5.11 Å². The first-order chi connectivity index (χ1) is 15.0. The van der Waals surface area contributed by atoms with Gasteiger partial charge in [-0.2, -0.15) is 0 Å². The molecule has 0 saturated heterocycles. The van der Waals surface area contributed by atoms with Gasteiger partial charge in [0.2, 0.25) is 0 Å². The van der Waals surface area contributed by atoms with Gasteiger partial charge in [-0.25, -0.2) is 4.79 Å². The normalized spacial score (nSPS) is 28.4. The van der Waals surface area contributed by atoms with Crippen LogP contribution >= 0.6 is 23.6 Å². The van der Waals surface area contributed by atoms with Crippen LogP contribution in [0.25, 0.3) is 10.4 Å². The topological polar surface area (TPSA) is 50.4 Å². The number of esters is 1. The summed E-state index contributed by atoms with van der Waals surface area (Å²) in [7, 11) is 0. The number of nitrogens with one attached hydrogen (secondary N) is 2. The maximum Gasteiger partial charge on any atom is 0.341 e. The summed E-state index contributed by atoms with van der Waals surface area (Å²) in [5, 5.41) is 8.17. The molecule has 0 aliphatic heterocycles. The Morgan fingerprint density at radius 3 is 2.39 bits per heavy atom. The molecule has 31 heavy (non-hydrogen) atoms. The van der Waals surface area contributed by atoms with Crippen molar-refractivity contribution in [3.63, 3.8) is 0 Å². The van der Waals surface area contributed by atoms with E-state index in [1.54, 1.807) is 11.3 Å². The minimum Gasteiger partial charge on any atom is -0.462 e. The van der Waals surface area contributed by atoms with Crippen LogP contribution in [0.4, 0.5) is 5.00 Å². The lowest BCUT2D eigenvalue weighted by atomic mass is 9.49. The molecular formula is C25H30N2O2S2. The summed E-state index contributed by atoms with van der Waals surface area (Å²) < 4.78 is 5.29. The second-order valence-electron chi connectivity index (χ2n) is 9.67. The Morgan fingerprint density at radius 2 is 1.77 bits per heavy atom. The first-order valence-electron chi connectivity index (χ1n) is 11.4. The zero-order valence-electron chi connectivity index (χ0n) is 18.0. The monoisotopic (exact) mass is 454 g/mol. The van der Waals surface area contributed by atoms with Crippen LogP contribution < -0.4 is 10.6 Å². The van der Waals surface area contributed by atoms with Crippen LogP contribution in [0.3, 0.4) is 0 Å². The van der Waals surface area contributed by atoms with E-state index < -0.39 is 0 Å². The predicted molar refractivity (Wildman–Crippen MR) is 131 cm³/mol. The van der Waals surface area contributed by atoms with Gasteiger partial charge in [0, 0.05) is 11.4 Å². The van der Waals surface area contributed by atoms with E-state index >= 15 is 0 Å². The Hall–Kier alpha value is -1.92. The average molecular weight is 455 g/mol. The summed E-state index contributed by atoms with van der Waals surface area (Å²) in [6.07, 6.45) is 8.38. The molecule has 0 radical (unpaired) electrons. The lowest BCUT2D eigenvalue weighted by Crippen LogP contribution is -2.51. The van der Waals surface area contributed by atoms with Crippen molar-refractivity contribution in [1.29, 1.82) is 0 Å². The number of hydrogen-bond acceptors (Lipinski definition) is 4. The second kappa shape index (κ2) is 8.55. The molecule has 6 heteroatoms. The first kappa shape index (κ1) is 21.0. The van der Waals surface area contributed by atoms with Crippen LogP contribution in [0.15, 0.2) is 36.4 Å². The SMILES string of the molecule is CCOC(=O)c1cc(-c2ccccc2)sc1NC(=S)NCC12CC3CC(CC(C3)C1)C2. The van der Waals surface area contributed by atoms with Crippen molar-refractivity contribution in [2.45, 2.75) is 45.4 Å². The molecule has 0 atom stereocenters. The van der Waals surface area contributed by atoms with Crippen LogP contribution in [0.5, 0.6) is 0 Å². The molecule has 0 amide bonds. The van der Waals surface area contributed by atoms with E-state index in [0.29, 0.717) is 22.7 Å². The Bertz CT molecular complexity index is 934. The van der Waals surface area contributed by atoms with Crippen molar-refractivity contribution < 1.29 is 9.53 Å². The Morgan fingerprint density at radius 1 is 1.13 bits per heavy atom. The van der Waals surface area contributed by atoms with Gasteiger partial charge in [-0.1, -0.05) is 30.3 Å². The maximum atomic E-state index is 12.6. The van der Waals surface area contributed by atoms with Crippen molar-refractivity contribution in [2.75, 3.05) is 18.5 Å². The second-order valence-corrected chi connectivity index (χ2v) is 11.1. The van der Waals surface area contributed by atoms with Gasteiger partial charge in [0.25, 0.3) is 0 Å². The molecule has 4 bridgehead atoms. The zero-order valence-corrected chi connectivity index (χ0v) is 19.6. The highest BCUT2D eigenvalue weighted by Crippen LogP contribution is 2.59. The molecule has 2 aromatic rings. The van der Waals surface area contributed by atoms with Crippen molar-refractivity contribution >= 4 is 39.6 Å². The highest BCUT2D eigenvalue weighted by atomic mass is 32.1. The standard InChI is InChI=1S/C25H30N2O2S2/c1-2-29-23(28)20-11-21(19-6-4-3-5-7-19)31-22(20)27-24(30)26-15-25-12-16-8-17(13-25)10-18(9-16)14-25/h3-7,11,16-18H,2,8-10,12-15H2,1H3,(H2,26,27,30). The number of ether oxygens (including phenoxy) is 1. The van der Waals surface area contributed by atoms with Crippen LogP contribution in [0, 0.1) is 23.2 Å². The van der Waals surface area contributed by atoms with Gasteiger partial charge in [-0.3, -0.25) is 0 Å². The molecule has 4 fully saturated rings. The molecule has 1 aromatic carbocycles. The number of anilines is 1. The fourth-order valence-electron chi connectivity index (χ4n) is 6.51. The Labute approximate surface area is 193 Å². The zero-order chi connectivity index (χ0) is 21.4. The molecule has 0 unspecified atom stereocenters. The third kappa shape index (κ3) is 4.37. The molecule has 0 spiro atoms. The summed E-state index contributed by atoms with van der Waals surface area (Å²) in [4.78, 5) is 13.6. The van der Waals surface area contributed by atoms with E-state index in [1.165, 1.54) is 38.5 Å². The molecule has 2 N–H and O–H groups in total. The number of thiophene rings is 1. The van der Waals surface area contributed by atoms with Gasteiger partial charge < -0.3 is 15.4 Å². The molecular weight excluding hydrogens is 424 g/mol. The van der Waals surface area contributed by atoms with Crippen LogP contribution in [-0.2, 0) is 4.74 Å². The molecule has 4 nitrogen and oxygen atoms in total. The molecule has 6 rings (SSSR count). The van der Waals surface area contributed by atoms with Gasteiger partial charge in [0.1, 0.15) is 5.00 Å². The lowest BCUT2D eigenvalue weighted by molar-refractivity contribution is -0.0490. The van der Waals surface area contributed by atoms with Crippen molar-refractivity contribution in [3.05, 3.63) is 42.0 Å². The third-order valence-electron chi connectivity index (χ3n) is 7.30. The molecule has 4 aliphatic rings. The summed E-state index contributed by atoms with van der Waals surface area (Å²) in [6, 6.07) is 12.0. The summed E-state index contributed by atoms with van der Waals surface area (Å²) >= 11 is 7.20. The molecule has 4 saturated carbocycles. The van der Waals surface area contributed by atoms with E-state index in [4.69, 9.17) is 17.0 Å². The number of carbonyl (C=O) groups is 1. The van der Waals surface area contributed by atoms with E-state index in [0.717, 1.165) is 39.7 Å². The molecule has 164 valence electrons. The summed E-state index contributed by atoms with van der Waals surface area (Å²) in [6.45, 7) is 3.12. The molecule has 4 aliphatic carbocycles. The van der Waals surface area contributed by atoms with E-state index in [9.17, 15) is 4.79 Å². The van der Waals surface area contributed by atoms with Crippen molar-refractivity contribution in [1.82, 2.24) is 5.32 Å². The van der Waals surface area contributed by atoms with Crippen molar-refractivity contribution in [3.8, 4) is 10.4 Å². The van der Waals surface area contributed by atoms with Crippen LogP contribution in [-0.4, -0.2) is 24.2 Å². The van der Waals surface area contributed by atoms with Crippen molar-refractivity contribution in [2.24, 2.45) is 23.2 Å². The molecule has 1 aromatic heterocycles. The number of benzene rings is 1. The first-order valence-corrected chi connectivity index (χ1v) is 12.7. The largest absolute Gasteiger partial charge is 0.462 e. The fourth-order valence-corrected chi connectivity index (χ4v) is 7.81. The summed E-state index contributed by atoms with van der Waals surface area (Å²) in [5.41, 5.74) is 2.04. The lowest BCUT2D eigenvalue weighted by Gasteiger charge is -2.57. The number of thiocarbonyl (C=S) groups is 1. The number of rotatable bonds is 6. The third-order valence-corrected chi connectivity index (χ3v) is 8.65. The number of hydrogen-bond donors (Lipinski definition) is 2. The Kier molecular flexibility index (Phi) is 5.78. The van der Waals surface area contributed by atoms with E-state index in [-0.39, 0.29) is 5.97 Å². The van der Waals surface area contributed by atoms with Crippen LogP contribution in [0.1, 0.15) is 55.8 Å². The minimum atomic E-state index is -0.313. The van der Waals surface area contributed by atoms with Crippen LogP contribution in [0.2, 0.25) is 0 Å². The minimum absolute atomic E-state index is 0.313. The molecule has 1 heterocycles. The van der Waals surface area contributed by atoms with Gasteiger partial charge >= 0.3 is 5.97 Å². The highest BCUT2D eigenvalue weighted by Gasteiger charge is 2.50. The average Bonchev–Trinajstić information content (AvgIpc) is 3.16. The van der Waals surface area contributed by atoms with E-state index in [1.807, 2.05) is 43.3 Å². The predicted octanol–water partition coefficient (Wildman–Crippen LogP) is 6.09. The highest BCUT2D eigenvalue weighted by molar-refractivity contribution is 7.80. The quantitative estimate of drug-likeness (QED) is 0.408. The summed E-state index contributed by atoms with van der Waals surface area (Å²) in [5.74, 6) is 2.47.